The predicted octanol–water partition coefficient (Wildman–Crippen LogP) is 3.41. The van der Waals surface area contributed by atoms with E-state index >= 15 is 0 Å². The summed E-state index contributed by atoms with van der Waals surface area (Å²) in [4.78, 5) is 5.78. The number of hydrogen-bond acceptors (Lipinski definition) is 2. The molecule has 0 atom stereocenters. The molecule has 62 valence electrons. The Morgan fingerprint density at radius 2 is 2.27 bits per heavy atom. The van der Waals surface area contributed by atoms with Gasteiger partial charge in [-0.25, -0.2) is 4.98 Å². The van der Waals surface area contributed by atoms with Crippen LogP contribution in [0.15, 0.2) is 3.92 Å². The molecule has 0 bridgehead atoms. The normalized spacial score (nSPS) is 10.5. The fourth-order valence-electron chi connectivity index (χ4n) is 0.913. The van der Waals surface area contributed by atoms with Gasteiger partial charge < -0.3 is 0 Å². The maximum atomic E-state index is 4.38. The first-order valence-electron chi connectivity index (χ1n) is 3.48. The zero-order valence-electron chi connectivity index (χ0n) is 6.23. The van der Waals surface area contributed by atoms with E-state index in [4.69, 9.17) is 0 Å². The number of aromatic nitrogens is 1. The molecule has 0 N–H and O–H groups in total. The summed E-state index contributed by atoms with van der Waals surface area (Å²) in [7, 11) is 0. The van der Waals surface area contributed by atoms with Crippen LogP contribution < -0.4 is 0 Å². The van der Waals surface area contributed by atoms with E-state index in [0.717, 1.165) is 22.1 Å². The average molecular weight is 299 g/mol. The van der Waals surface area contributed by atoms with Crippen LogP contribution in [0.25, 0.3) is 0 Å². The number of rotatable bonds is 3. The summed E-state index contributed by atoms with van der Waals surface area (Å²) in [6.45, 7) is 2.16. The number of thiazole rings is 1. The minimum Gasteiger partial charge on any atom is -0.234 e. The summed E-state index contributed by atoms with van der Waals surface area (Å²) < 4.78 is 1.00. The highest BCUT2D eigenvalue weighted by Crippen LogP contribution is 2.24. The van der Waals surface area contributed by atoms with E-state index < -0.39 is 0 Å². The molecule has 0 spiro atoms. The van der Waals surface area contributed by atoms with Crippen LogP contribution >= 0.6 is 43.2 Å². The van der Waals surface area contributed by atoms with Crippen molar-refractivity contribution in [1.29, 1.82) is 0 Å². The first kappa shape index (κ1) is 9.68. The van der Waals surface area contributed by atoms with E-state index in [1.165, 1.54) is 10.6 Å². The third kappa shape index (κ3) is 2.53. The van der Waals surface area contributed by atoms with E-state index in [1.54, 1.807) is 11.3 Å². The van der Waals surface area contributed by atoms with Crippen LogP contribution in [-0.4, -0.2) is 10.3 Å². The van der Waals surface area contributed by atoms with Crippen molar-refractivity contribution in [1.82, 2.24) is 4.98 Å². The number of nitrogens with zero attached hydrogens (tertiary/aromatic N) is 1. The van der Waals surface area contributed by atoms with Crippen LogP contribution in [0.1, 0.15) is 17.5 Å². The fourth-order valence-corrected chi connectivity index (χ4v) is 2.86. The molecule has 4 heteroatoms. The molecule has 1 nitrogen and oxygen atoms in total. The highest BCUT2D eigenvalue weighted by Gasteiger charge is 2.06. The Bertz CT molecular complexity index is 234. The number of halogens is 2. The van der Waals surface area contributed by atoms with E-state index in [1.807, 2.05) is 0 Å². The monoisotopic (exact) mass is 297 g/mol. The maximum Gasteiger partial charge on any atom is 0.159 e. The molecule has 0 radical (unpaired) electrons. The molecule has 1 rings (SSSR count). The lowest BCUT2D eigenvalue weighted by Gasteiger charge is -1.93. The molecule has 0 amide bonds. The van der Waals surface area contributed by atoms with Gasteiger partial charge >= 0.3 is 0 Å². The van der Waals surface area contributed by atoms with Gasteiger partial charge in [-0.15, -0.1) is 11.3 Å². The number of alkyl halides is 1. The third-order valence-corrected chi connectivity index (χ3v) is 3.49. The van der Waals surface area contributed by atoms with Crippen molar-refractivity contribution in [2.24, 2.45) is 0 Å². The maximum absolute atomic E-state index is 4.38. The topological polar surface area (TPSA) is 12.9 Å². The molecule has 0 saturated carbocycles. The lowest BCUT2D eigenvalue weighted by molar-refractivity contribution is 1.02. The second-order valence-electron chi connectivity index (χ2n) is 2.13. The molecular weight excluding hydrogens is 290 g/mol. The van der Waals surface area contributed by atoms with Gasteiger partial charge in [0.1, 0.15) is 0 Å². The van der Waals surface area contributed by atoms with E-state index in [2.05, 4.69) is 43.8 Å². The van der Waals surface area contributed by atoms with Gasteiger partial charge in [0.15, 0.2) is 3.92 Å². The molecule has 0 saturated heterocycles. The molecule has 1 aromatic rings. The van der Waals surface area contributed by atoms with Crippen molar-refractivity contribution in [2.75, 3.05) is 5.33 Å². The van der Waals surface area contributed by atoms with Crippen molar-refractivity contribution in [3.8, 4) is 0 Å². The largest absolute Gasteiger partial charge is 0.234 e. The first-order chi connectivity index (χ1) is 5.27. The van der Waals surface area contributed by atoms with Gasteiger partial charge in [-0.2, -0.15) is 0 Å². The standard InChI is InChI=1S/C7H9Br2NS/c1-2-6-5(3-4-8)10-7(9)11-6/h2-4H2,1H3. The lowest BCUT2D eigenvalue weighted by Crippen LogP contribution is -1.90. The minimum absolute atomic E-state index is 0.996. The fraction of sp³-hybridized carbons (Fsp3) is 0.571. The second-order valence-corrected chi connectivity index (χ2v) is 5.28. The summed E-state index contributed by atoms with van der Waals surface area (Å²) in [5.74, 6) is 0. The van der Waals surface area contributed by atoms with E-state index in [9.17, 15) is 0 Å². The summed E-state index contributed by atoms with van der Waals surface area (Å²) in [6.07, 6.45) is 2.12. The van der Waals surface area contributed by atoms with Crippen LogP contribution in [0.4, 0.5) is 0 Å². The highest BCUT2D eigenvalue weighted by molar-refractivity contribution is 9.11. The van der Waals surface area contributed by atoms with Crippen LogP contribution in [0.5, 0.6) is 0 Å². The molecule has 0 unspecified atom stereocenters. The van der Waals surface area contributed by atoms with E-state index in [0.29, 0.717) is 0 Å². The van der Waals surface area contributed by atoms with Crippen LogP contribution in [-0.2, 0) is 12.8 Å². The van der Waals surface area contributed by atoms with Crippen molar-refractivity contribution < 1.29 is 0 Å². The minimum atomic E-state index is 0.996. The summed E-state index contributed by atoms with van der Waals surface area (Å²) in [5, 5.41) is 0.996. The Morgan fingerprint density at radius 1 is 1.55 bits per heavy atom. The predicted molar refractivity (Wildman–Crippen MR) is 56.7 cm³/mol. The van der Waals surface area contributed by atoms with Gasteiger partial charge in [0.05, 0.1) is 5.69 Å². The Hall–Kier alpha value is 0.590. The number of aryl methyl sites for hydroxylation is 2. The quantitative estimate of drug-likeness (QED) is 0.780. The van der Waals surface area contributed by atoms with Crippen molar-refractivity contribution in [2.45, 2.75) is 19.8 Å². The summed E-state index contributed by atoms with van der Waals surface area (Å²) >= 11 is 8.53. The molecular formula is C7H9Br2NS. The highest BCUT2D eigenvalue weighted by atomic mass is 79.9. The van der Waals surface area contributed by atoms with Gasteiger partial charge in [0, 0.05) is 16.6 Å². The smallest absolute Gasteiger partial charge is 0.159 e. The van der Waals surface area contributed by atoms with Crippen LogP contribution in [0.2, 0.25) is 0 Å². The first-order valence-corrected chi connectivity index (χ1v) is 6.21. The SMILES string of the molecule is CCc1sc(Br)nc1CCBr. The van der Waals surface area contributed by atoms with Gasteiger partial charge in [0.2, 0.25) is 0 Å². The average Bonchev–Trinajstić information content (AvgIpc) is 2.32. The Labute approximate surface area is 87.5 Å². The summed E-state index contributed by atoms with van der Waals surface area (Å²) in [6, 6.07) is 0. The lowest BCUT2D eigenvalue weighted by atomic mass is 10.2. The molecule has 0 aliphatic carbocycles. The van der Waals surface area contributed by atoms with Crippen LogP contribution in [0, 0.1) is 0 Å². The Morgan fingerprint density at radius 3 is 2.82 bits per heavy atom. The van der Waals surface area contributed by atoms with Gasteiger partial charge in [0.25, 0.3) is 0 Å². The van der Waals surface area contributed by atoms with Gasteiger partial charge in [-0.3, -0.25) is 0 Å². The van der Waals surface area contributed by atoms with Crippen molar-refractivity contribution in [3.63, 3.8) is 0 Å². The molecule has 1 aromatic heterocycles. The van der Waals surface area contributed by atoms with E-state index in [-0.39, 0.29) is 0 Å². The molecule has 0 aliphatic heterocycles. The molecule has 0 aliphatic rings. The third-order valence-electron chi connectivity index (χ3n) is 1.40. The Balaban J connectivity index is 2.83. The molecule has 0 fully saturated rings. The summed E-state index contributed by atoms with van der Waals surface area (Å²) in [5.41, 5.74) is 1.24. The Kier molecular flexibility index (Phi) is 4.02. The zero-order chi connectivity index (χ0) is 8.27. The van der Waals surface area contributed by atoms with Crippen LogP contribution in [0.3, 0.4) is 0 Å². The van der Waals surface area contributed by atoms with Gasteiger partial charge in [-0.05, 0) is 22.4 Å². The van der Waals surface area contributed by atoms with Crippen molar-refractivity contribution in [3.05, 3.63) is 14.5 Å². The molecule has 0 aromatic carbocycles. The van der Waals surface area contributed by atoms with Gasteiger partial charge in [-0.1, -0.05) is 22.9 Å². The molecule has 11 heavy (non-hydrogen) atoms. The zero-order valence-corrected chi connectivity index (χ0v) is 10.2. The second kappa shape index (κ2) is 4.58. The van der Waals surface area contributed by atoms with Crippen molar-refractivity contribution >= 4 is 43.2 Å². The molecule has 1 heterocycles. The number of hydrogen-bond donors (Lipinski definition) is 0.